The Bertz CT molecular complexity index is 833. The molecule has 0 radical (unpaired) electrons. The average Bonchev–Trinajstić information content (AvgIpc) is 3.29. The van der Waals surface area contributed by atoms with E-state index >= 15 is 0 Å². The molecule has 2 atom stereocenters. The number of hydrogen-bond donors (Lipinski definition) is 2. The molecule has 3 heterocycles. The van der Waals surface area contributed by atoms with Gasteiger partial charge in [-0.25, -0.2) is 4.79 Å². The highest BCUT2D eigenvalue weighted by atomic mass is 32.1. The number of carbonyl (C=O) groups excluding carboxylic acids is 4. The lowest BCUT2D eigenvalue weighted by Crippen LogP contribution is -2.56. The Kier molecular flexibility index (Phi) is 7.03. The van der Waals surface area contributed by atoms with Gasteiger partial charge in [0.25, 0.3) is 5.91 Å². The highest BCUT2D eigenvalue weighted by molar-refractivity contribution is 7.07. The fourth-order valence-electron chi connectivity index (χ4n) is 4.54. The number of rotatable bonds is 7. The molecule has 0 bridgehead atoms. The zero-order valence-corrected chi connectivity index (χ0v) is 19.5. The van der Waals surface area contributed by atoms with E-state index in [9.17, 15) is 19.2 Å². The molecule has 8 nitrogen and oxygen atoms in total. The van der Waals surface area contributed by atoms with Crippen molar-refractivity contribution < 1.29 is 19.2 Å². The van der Waals surface area contributed by atoms with E-state index in [4.69, 9.17) is 0 Å². The lowest BCUT2D eigenvalue weighted by atomic mass is 9.78. The third kappa shape index (κ3) is 5.08. The van der Waals surface area contributed by atoms with E-state index in [1.54, 1.807) is 11.8 Å². The van der Waals surface area contributed by atoms with Crippen LogP contribution in [-0.4, -0.2) is 58.2 Å². The van der Waals surface area contributed by atoms with Crippen molar-refractivity contribution in [3.05, 3.63) is 22.4 Å². The Balaban J connectivity index is 1.63. The van der Waals surface area contributed by atoms with Crippen molar-refractivity contribution in [3.63, 3.8) is 0 Å². The molecule has 170 valence electrons. The molecule has 0 aromatic carbocycles. The van der Waals surface area contributed by atoms with Crippen LogP contribution >= 0.6 is 11.3 Å². The summed E-state index contributed by atoms with van der Waals surface area (Å²) in [4.78, 5) is 53.3. The summed E-state index contributed by atoms with van der Waals surface area (Å²) in [5, 5.41) is 9.54. The summed E-state index contributed by atoms with van der Waals surface area (Å²) in [6.45, 7) is 8.53. The highest BCUT2D eigenvalue weighted by Crippen LogP contribution is 2.34. The van der Waals surface area contributed by atoms with E-state index in [1.807, 2.05) is 30.7 Å². The topological polar surface area (TPSA) is 98.8 Å². The Morgan fingerprint density at radius 1 is 1.29 bits per heavy atom. The second-order valence-corrected chi connectivity index (χ2v) is 9.92. The number of urea groups is 1. The van der Waals surface area contributed by atoms with Gasteiger partial charge in [0.15, 0.2) is 0 Å². The summed E-state index contributed by atoms with van der Waals surface area (Å²) in [6, 6.07) is 1.02. The predicted molar refractivity (Wildman–Crippen MR) is 118 cm³/mol. The fraction of sp³-hybridized carbons (Fsp3) is 0.636. The molecule has 3 rings (SSSR count). The molecule has 9 heteroatoms. The zero-order valence-electron chi connectivity index (χ0n) is 18.6. The maximum absolute atomic E-state index is 13.1. The lowest BCUT2D eigenvalue weighted by molar-refractivity contribution is -0.139. The van der Waals surface area contributed by atoms with Crippen LogP contribution in [0.2, 0.25) is 0 Å². The van der Waals surface area contributed by atoms with E-state index in [0.29, 0.717) is 32.4 Å². The van der Waals surface area contributed by atoms with Crippen LogP contribution in [0.3, 0.4) is 0 Å². The number of imide groups is 1. The second kappa shape index (κ2) is 9.38. The van der Waals surface area contributed by atoms with Crippen LogP contribution in [-0.2, 0) is 20.9 Å². The summed E-state index contributed by atoms with van der Waals surface area (Å²) in [5.41, 5.74) is -0.0238. The molecular weight excluding hydrogens is 416 g/mol. The van der Waals surface area contributed by atoms with E-state index in [0.717, 1.165) is 5.56 Å². The van der Waals surface area contributed by atoms with Gasteiger partial charge in [0.2, 0.25) is 11.8 Å². The number of carbonyl (C=O) groups is 4. The maximum Gasteiger partial charge on any atom is 0.325 e. The number of nitrogens with zero attached hydrogens (tertiary/aromatic N) is 2. The van der Waals surface area contributed by atoms with Gasteiger partial charge in [-0.2, -0.15) is 11.3 Å². The van der Waals surface area contributed by atoms with Crippen LogP contribution < -0.4 is 10.6 Å². The van der Waals surface area contributed by atoms with E-state index in [1.165, 1.54) is 23.2 Å². The number of thiophene rings is 1. The van der Waals surface area contributed by atoms with Crippen molar-refractivity contribution in [2.75, 3.05) is 13.1 Å². The fourth-order valence-corrected chi connectivity index (χ4v) is 5.20. The Hall–Kier alpha value is -2.42. The molecule has 2 saturated heterocycles. The third-order valence-electron chi connectivity index (χ3n) is 6.23. The summed E-state index contributed by atoms with van der Waals surface area (Å²) >= 11 is 1.53. The van der Waals surface area contributed by atoms with Gasteiger partial charge in [0.1, 0.15) is 11.6 Å². The number of nitrogens with one attached hydrogen (secondary N) is 2. The highest BCUT2D eigenvalue weighted by Gasteiger charge is 2.53. The molecule has 2 fully saturated rings. The van der Waals surface area contributed by atoms with Crippen molar-refractivity contribution >= 4 is 35.1 Å². The van der Waals surface area contributed by atoms with E-state index in [2.05, 4.69) is 10.6 Å². The molecule has 2 aliphatic rings. The minimum atomic E-state index is -0.961. The largest absolute Gasteiger partial charge is 0.345 e. The standard InChI is InChI=1S/C22H32N4O4S/c1-14(2)11-18(23-15(3)27)19(28)25-8-5-17(6-9-25)22(4)20(29)26(21(30)24-22)12-16-7-10-31-13-16/h7,10,13-14,17-18H,5-6,8-9,11-12H2,1-4H3,(H,23,27)(H,24,30)/t18-,22-/m0/s1. The van der Waals surface area contributed by atoms with Gasteiger partial charge < -0.3 is 15.5 Å². The minimum Gasteiger partial charge on any atom is -0.345 e. The summed E-state index contributed by atoms with van der Waals surface area (Å²) < 4.78 is 0. The van der Waals surface area contributed by atoms with E-state index < -0.39 is 11.6 Å². The average molecular weight is 449 g/mol. The van der Waals surface area contributed by atoms with Crippen LogP contribution in [0.15, 0.2) is 16.8 Å². The van der Waals surface area contributed by atoms with E-state index in [-0.39, 0.29) is 42.1 Å². The third-order valence-corrected chi connectivity index (χ3v) is 6.96. The van der Waals surface area contributed by atoms with Gasteiger partial charge in [0, 0.05) is 20.0 Å². The van der Waals surface area contributed by atoms with Crippen molar-refractivity contribution in [1.82, 2.24) is 20.4 Å². The first-order valence-electron chi connectivity index (χ1n) is 10.8. The van der Waals surface area contributed by atoms with Crippen LogP contribution in [0.4, 0.5) is 4.79 Å². The summed E-state index contributed by atoms with van der Waals surface area (Å²) in [7, 11) is 0. The van der Waals surface area contributed by atoms with Crippen molar-refractivity contribution in [2.45, 2.75) is 65.1 Å². The van der Waals surface area contributed by atoms with Crippen LogP contribution in [0.1, 0.15) is 52.5 Å². The Morgan fingerprint density at radius 3 is 2.52 bits per heavy atom. The van der Waals surface area contributed by atoms with Gasteiger partial charge in [0.05, 0.1) is 6.54 Å². The SMILES string of the molecule is CC(=O)N[C@@H](CC(C)C)C(=O)N1CCC([C@]2(C)NC(=O)N(Cc3ccsc3)C2=O)CC1. The molecule has 2 aliphatic heterocycles. The van der Waals surface area contributed by atoms with Crippen LogP contribution in [0.5, 0.6) is 0 Å². The zero-order chi connectivity index (χ0) is 22.8. The first-order chi connectivity index (χ1) is 14.6. The number of amides is 5. The Labute approximate surface area is 187 Å². The molecular formula is C22H32N4O4S. The number of likely N-dealkylation sites (tertiary alicyclic amines) is 1. The number of piperidine rings is 1. The van der Waals surface area contributed by atoms with Crippen molar-refractivity contribution in [2.24, 2.45) is 11.8 Å². The molecule has 2 N–H and O–H groups in total. The van der Waals surface area contributed by atoms with Gasteiger partial charge in [-0.1, -0.05) is 13.8 Å². The van der Waals surface area contributed by atoms with Crippen LogP contribution in [0, 0.1) is 11.8 Å². The first kappa shape index (κ1) is 23.2. The molecule has 5 amide bonds. The molecule has 1 aromatic rings. The first-order valence-corrected chi connectivity index (χ1v) is 11.8. The predicted octanol–water partition coefficient (Wildman–Crippen LogP) is 2.35. The Morgan fingerprint density at radius 2 is 1.97 bits per heavy atom. The quantitative estimate of drug-likeness (QED) is 0.626. The smallest absolute Gasteiger partial charge is 0.325 e. The lowest BCUT2D eigenvalue weighted by Gasteiger charge is -2.40. The minimum absolute atomic E-state index is 0.0511. The van der Waals surface area contributed by atoms with Gasteiger partial charge in [-0.15, -0.1) is 0 Å². The monoisotopic (exact) mass is 448 g/mol. The van der Waals surface area contributed by atoms with Gasteiger partial charge >= 0.3 is 6.03 Å². The molecule has 1 aromatic heterocycles. The summed E-state index contributed by atoms with van der Waals surface area (Å²) in [6.07, 6.45) is 1.83. The maximum atomic E-state index is 13.1. The second-order valence-electron chi connectivity index (χ2n) is 9.14. The molecule has 0 aliphatic carbocycles. The van der Waals surface area contributed by atoms with Crippen molar-refractivity contribution in [3.8, 4) is 0 Å². The molecule has 0 unspecified atom stereocenters. The number of hydrogen-bond acceptors (Lipinski definition) is 5. The molecule has 31 heavy (non-hydrogen) atoms. The van der Waals surface area contributed by atoms with Crippen molar-refractivity contribution in [1.29, 1.82) is 0 Å². The van der Waals surface area contributed by atoms with Crippen LogP contribution in [0.25, 0.3) is 0 Å². The molecule has 0 spiro atoms. The van der Waals surface area contributed by atoms with Gasteiger partial charge in [-0.3, -0.25) is 19.3 Å². The van der Waals surface area contributed by atoms with Gasteiger partial charge in [-0.05, 0) is 60.4 Å². The molecule has 0 saturated carbocycles. The normalized spacial score (nSPS) is 23.3. The summed E-state index contributed by atoms with van der Waals surface area (Å²) in [5.74, 6) is -0.272.